The van der Waals surface area contributed by atoms with Gasteiger partial charge in [0, 0.05) is 23.9 Å². The highest BCUT2D eigenvalue weighted by Gasteiger charge is 2.05. The molecule has 0 saturated heterocycles. The van der Waals surface area contributed by atoms with Crippen LogP contribution >= 0.6 is 0 Å². The van der Waals surface area contributed by atoms with Gasteiger partial charge in [-0.15, -0.1) is 0 Å². The topological polar surface area (TPSA) is 103 Å². The summed E-state index contributed by atoms with van der Waals surface area (Å²) in [6.07, 6.45) is 0. The number of anilines is 1. The number of methoxy groups -OCH3 is 1. The van der Waals surface area contributed by atoms with Crippen LogP contribution in [0.3, 0.4) is 0 Å². The van der Waals surface area contributed by atoms with Gasteiger partial charge < -0.3 is 15.8 Å². The molecule has 0 aromatic heterocycles. The maximum atomic E-state index is 10.7. The molecule has 2 aromatic rings. The van der Waals surface area contributed by atoms with Gasteiger partial charge in [-0.1, -0.05) is 18.2 Å². The number of aliphatic imine (C=N–C) groups is 1. The quantitative estimate of drug-likeness (QED) is 0.382. The molecular formula is C15H16N4O3. The Balaban J connectivity index is 2.03. The second-order valence-electron chi connectivity index (χ2n) is 4.49. The molecule has 0 bridgehead atoms. The van der Waals surface area contributed by atoms with Crippen LogP contribution in [0.25, 0.3) is 0 Å². The Bertz CT molecular complexity index is 701. The van der Waals surface area contributed by atoms with Crippen LogP contribution in [0.1, 0.15) is 5.56 Å². The zero-order chi connectivity index (χ0) is 15.9. The summed E-state index contributed by atoms with van der Waals surface area (Å²) in [4.78, 5) is 14.4. The van der Waals surface area contributed by atoms with Crippen molar-refractivity contribution in [3.8, 4) is 5.75 Å². The highest BCUT2D eigenvalue weighted by Crippen LogP contribution is 2.17. The molecular weight excluding hydrogens is 284 g/mol. The van der Waals surface area contributed by atoms with Crippen molar-refractivity contribution in [2.24, 2.45) is 10.7 Å². The number of guanidine groups is 1. The normalized spacial score (nSPS) is 11.0. The molecule has 0 aliphatic carbocycles. The molecule has 3 N–H and O–H groups in total. The Kier molecular flexibility index (Phi) is 4.92. The van der Waals surface area contributed by atoms with Crippen molar-refractivity contribution in [3.63, 3.8) is 0 Å². The van der Waals surface area contributed by atoms with Crippen LogP contribution in [0.15, 0.2) is 53.5 Å². The van der Waals surface area contributed by atoms with Gasteiger partial charge in [0.25, 0.3) is 5.69 Å². The molecule has 0 aliphatic rings. The number of hydrogen-bond acceptors (Lipinski definition) is 4. The first-order chi connectivity index (χ1) is 10.6. The van der Waals surface area contributed by atoms with Crippen LogP contribution in [-0.2, 0) is 6.54 Å². The van der Waals surface area contributed by atoms with Gasteiger partial charge in [-0.25, -0.2) is 4.99 Å². The number of nitrogens with one attached hydrogen (secondary N) is 1. The van der Waals surface area contributed by atoms with E-state index in [1.54, 1.807) is 25.3 Å². The van der Waals surface area contributed by atoms with E-state index in [0.29, 0.717) is 11.3 Å². The number of nitro groups is 1. The summed E-state index contributed by atoms with van der Waals surface area (Å²) in [5.41, 5.74) is 7.30. The van der Waals surface area contributed by atoms with Crippen LogP contribution in [-0.4, -0.2) is 18.0 Å². The Morgan fingerprint density at radius 2 is 2.09 bits per heavy atom. The van der Waals surface area contributed by atoms with E-state index in [4.69, 9.17) is 10.5 Å². The molecule has 0 amide bonds. The van der Waals surface area contributed by atoms with Crippen LogP contribution in [0.2, 0.25) is 0 Å². The predicted molar refractivity (Wildman–Crippen MR) is 85.0 cm³/mol. The summed E-state index contributed by atoms with van der Waals surface area (Å²) in [6, 6.07) is 13.6. The minimum atomic E-state index is -0.439. The lowest BCUT2D eigenvalue weighted by Gasteiger charge is -2.07. The number of nitrogens with zero attached hydrogens (tertiary/aromatic N) is 2. The lowest BCUT2D eigenvalue weighted by molar-refractivity contribution is -0.384. The molecule has 0 spiro atoms. The molecule has 22 heavy (non-hydrogen) atoms. The maximum absolute atomic E-state index is 10.7. The average molecular weight is 300 g/mol. The average Bonchev–Trinajstić information content (AvgIpc) is 2.53. The molecule has 0 fully saturated rings. The van der Waals surface area contributed by atoms with Gasteiger partial charge in [0.1, 0.15) is 5.75 Å². The van der Waals surface area contributed by atoms with Crippen molar-refractivity contribution in [1.29, 1.82) is 0 Å². The molecule has 2 aromatic carbocycles. The van der Waals surface area contributed by atoms with Gasteiger partial charge in [0.15, 0.2) is 5.96 Å². The number of nitro benzene ring substituents is 1. The Labute approximate surface area is 127 Å². The standard InChI is InChI=1S/C15H16N4O3/c1-22-14-7-3-5-12(9-14)18-15(16)17-10-11-4-2-6-13(8-11)19(20)21/h2-9H,10H2,1H3,(H3,16,17,18). The second kappa shape index (κ2) is 7.07. The van der Waals surface area contributed by atoms with Crippen LogP contribution < -0.4 is 15.8 Å². The fourth-order valence-corrected chi connectivity index (χ4v) is 1.83. The summed E-state index contributed by atoms with van der Waals surface area (Å²) in [7, 11) is 1.58. The molecule has 0 unspecified atom stereocenters. The number of ether oxygens (including phenoxy) is 1. The highest BCUT2D eigenvalue weighted by molar-refractivity contribution is 5.92. The van der Waals surface area contributed by atoms with E-state index in [2.05, 4.69) is 10.3 Å². The maximum Gasteiger partial charge on any atom is 0.269 e. The molecule has 7 nitrogen and oxygen atoms in total. The summed E-state index contributed by atoms with van der Waals surface area (Å²) < 4.78 is 5.12. The minimum Gasteiger partial charge on any atom is -0.497 e. The van der Waals surface area contributed by atoms with E-state index in [1.165, 1.54) is 12.1 Å². The summed E-state index contributed by atoms with van der Waals surface area (Å²) in [5.74, 6) is 0.927. The van der Waals surface area contributed by atoms with Crippen molar-refractivity contribution in [2.45, 2.75) is 6.54 Å². The second-order valence-corrected chi connectivity index (χ2v) is 4.49. The fourth-order valence-electron chi connectivity index (χ4n) is 1.83. The van der Waals surface area contributed by atoms with E-state index in [-0.39, 0.29) is 18.2 Å². The highest BCUT2D eigenvalue weighted by atomic mass is 16.6. The largest absolute Gasteiger partial charge is 0.497 e. The van der Waals surface area contributed by atoms with Crippen molar-refractivity contribution in [1.82, 2.24) is 0 Å². The molecule has 0 radical (unpaired) electrons. The number of rotatable bonds is 5. The number of benzene rings is 2. The third-order valence-electron chi connectivity index (χ3n) is 2.90. The van der Waals surface area contributed by atoms with Gasteiger partial charge in [0.2, 0.25) is 0 Å². The number of hydrogen-bond donors (Lipinski definition) is 2. The molecule has 2 rings (SSSR count). The van der Waals surface area contributed by atoms with Crippen LogP contribution in [0, 0.1) is 10.1 Å². The van der Waals surface area contributed by atoms with E-state index >= 15 is 0 Å². The summed E-state index contributed by atoms with van der Waals surface area (Å²) in [6.45, 7) is 0.254. The van der Waals surface area contributed by atoms with Crippen molar-refractivity contribution in [3.05, 3.63) is 64.2 Å². The third-order valence-corrected chi connectivity index (χ3v) is 2.90. The lowest BCUT2D eigenvalue weighted by Crippen LogP contribution is -2.22. The van der Waals surface area contributed by atoms with E-state index in [9.17, 15) is 10.1 Å². The first-order valence-corrected chi connectivity index (χ1v) is 6.53. The first-order valence-electron chi connectivity index (χ1n) is 6.53. The molecule has 0 saturated carbocycles. The Morgan fingerprint density at radius 1 is 1.32 bits per heavy atom. The molecule has 0 heterocycles. The summed E-state index contributed by atoms with van der Waals surface area (Å²) >= 11 is 0. The Morgan fingerprint density at radius 3 is 2.82 bits per heavy atom. The zero-order valence-corrected chi connectivity index (χ0v) is 12.0. The van der Waals surface area contributed by atoms with Gasteiger partial charge in [0.05, 0.1) is 18.6 Å². The molecule has 114 valence electrons. The van der Waals surface area contributed by atoms with E-state index in [0.717, 1.165) is 5.69 Å². The number of nitrogens with two attached hydrogens (primary N) is 1. The van der Waals surface area contributed by atoms with E-state index in [1.807, 2.05) is 18.2 Å². The van der Waals surface area contributed by atoms with Crippen molar-refractivity contribution in [2.75, 3.05) is 12.4 Å². The molecule has 0 atom stereocenters. The van der Waals surface area contributed by atoms with Crippen LogP contribution in [0.5, 0.6) is 5.75 Å². The minimum absolute atomic E-state index is 0.0343. The smallest absolute Gasteiger partial charge is 0.269 e. The summed E-state index contributed by atoms with van der Waals surface area (Å²) in [5, 5.41) is 13.7. The van der Waals surface area contributed by atoms with Gasteiger partial charge in [-0.3, -0.25) is 10.1 Å². The lowest BCUT2D eigenvalue weighted by atomic mass is 10.2. The number of non-ortho nitro benzene ring substituents is 1. The Hall–Kier alpha value is -3.09. The van der Waals surface area contributed by atoms with Gasteiger partial charge in [-0.2, -0.15) is 0 Å². The van der Waals surface area contributed by atoms with Crippen LogP contribution in [0.4, 0.5) is 11.4 Å². The fraction of sp³-hybridized carbons (Fsp3) is 0.133. The molecule has 0 aliphatic heterocycles. The molecule has 7 heteroatoms. The van der Waals surface area contributed by atoms with E-state index < -0.39 is 4.92 Å². The predicted octanol–water partition coefficient (Wildman–Crippen LogP) is 2.53. The zero-order valence-electron chi connectivity index (χ0n) is 12.0. The van der Waals surface area contributed by atoms with Gasteiger partial charge >= 0.3 is 0 Å². The monoisotopic (exact) mass is 300 g/mol. The SMILES string of the molecule is COc1cccc(NC(N)=NCc2cccc([N+](=O)[O-])c2)c1. The van der Waals surface area contributed by atoms with Crippen molar-refractivity contribution >= 4 is 17.3 Å². The van der Waals surface area contributed by atoms with Gasteiger partial charge in [-0.05, 0) is 17.7 Å². The van der Waals surface area contributed by atoms with Crippen molar-refractivity contribution < 1.29 is 9.66 Å². The first kappa shape index (κ1) is 15.3. The third kappa shape index (κ3) is 4.20.